The zero-order valence-corrected chi connectivity index (χ0v) is 11.6. The van der Waals surface area contributed by atoms with Crippen LogP contribution in [0.5, 0.6) is 0 Å². The molecule has 2 aliphatic rings. The molecule has 0 bridgehead atoms. The molecule has 2 aliphatic heterocycles. The van der Waals surface area contributed by atoms with Gasteiger partial charge >= 0.3 is 0 Å². The van der Waals surface area contributed by atoms with Crippen molar-refractivity contribution in [2.24, 2.45) is 0 Å². The second-order valence-corrected chi connectivity index (χ2v) is 5.18. The Labute approximate surface area is 127 Å². The van der Waals surface area contributed by atoms with Gasteiger partial charge in [-0.2, -0.15) is 0 Å². The number of fused-ring (bicyclic) bond motifs is 2. The van der Waals surface area contributed by atoms with Gasteiger partial charge in [-0.25, -0.2) is 0 Å². The lowest BCUT2D eigenvalue weighted by molar-refractivity contribution is -0.110. The van der Waals surface area contributed by atoms with Gasteiger partial charge in [-0.1, -0.05) is 36.4 Å². The number of rotatable bonds is 1. The first kappa shape index (κ1) is 12.6. The maximum Gasteiger partial charge on any atom is 0.258 e. The minimum atomic E-state index is -0.162. The molecule has 2 N–H and O–H groups in total. The van der Waals surface area contributed by atoms with Gasteiger partial charge in [-0.3, -0.25) is 9.59 Å². The van der Waals surface area contributed by atoms with Crippen molar-refractivity contribution in [2.45, 2.75) is 0 Å². The maximum atomic E-state index is 12.3. The highest BCUT2D eigenvalue weighted by Gasteiger charge is 2.28. The third-order valence-corrected chi connectivity index (χ3v) is 3.88. The zero-order valence-electron chi connectivity index (χ0n) is 11.6. The molecule has 0 atom stereocenters. The van der Waals surface area contributed by atoms with Gasteiger partial charge in [0.25, 0.3) is 5.91 Å². The van der Waals surface area contributed by atoms with Gasteiger partial charge in [0.05, 0.1) is 11.3 Å². The summed E-state index contributed by atoms with van der Waals surface area (Å²) in [6.07, 6.45) is 2.55. The largest absolute Gasteiger partial charge is 0.354 e. The van der Waals surface area contributed by atoms with Crippen LogP contribution in [0, 0.1) is 0 Å². The fourth-order valence-electron chi connectivity index (χ4n) is 2.88. The van der Waals surface area contributed by atoms with E-state index in [-0.39, 0.29) is 5.91 Å². The number of para-hydroxylation sites is 2. The number of carbonyl (C=O) groups is 2. The van der Waals surface area contributed by atoms with E-state index in [9.17, 15) is 9.59 Å². The van der Waals surface area contributed by atoms with E-state index >= 15 is 0 Å². The average Bonchev–Trinajstić information content (AvgIpc) is 2.89. The van der Waals surface area contributed by atoms with Crippen molar-refractivity contribution < 1.29 is 9.59 Å². The van der Waals surface area contributed by atoms with Crippen molar-refractivity contribution in [1.29, 1.82) is 0 Å². The van der Waals surface area contributed by atoms with Crippen LogP contribution in [-0.2, 0) is 9.59 Å². The summed E-state index contributed by atoms with van der Waals surface area (Å²) in [7, 11) is 0. The van der Waals surface area contributed by atoms with Crippen LogP contribution in [0.25, 0.3) is 11.1 Å². The Kier molecular flexibility index (Phi) is 2.69. The van der Waals surface area contributed by atoms with Gasteiger partial charge in [0.15, 0.2) is 6.29 Å². The van der Waals surface area contributed by atoms with E-state index in [0.717, 1.165) is 28.8 Å². The number of nitrogens with one attached hydrogen (secondary N) is 2. The average molecular weight is 288 g/mol. The third kappa shape index (κ3) is 1.78. The summed E-state index contributed by atoms with van der Waals surface area (Å²) < 4.78 is 0. The molecule has 0 aliphatic carbocycles. The Bertz CT molecular complexity index is 878. The number of carbonyl (C=O) groups excluding carboxylic acids is 2. The van der Waals surface area contributed by atoms with Gasteiger partial charge in [-0.15, -0.1) is 0 Å². The summed E-state index contributed by atoms with van der Waals surface area (Å²) >= 11 is 0. The molecule has 4 heteroatoms. The van der Waals surface area contributed by atoms with Crippen LogP contribution in [0.1, 0.15) is 11.1 Å². The molecule has 2 heterocycles. The first-order chi connectivity index (χ1) is 10.8. The number of hydrogen-bond donors (Lipinski definition) is 2. The van der Waals surface area contributed by atoms with E-state index < -0.39 is 0 Å². The number of hydrogen-bond acceptors (Lipinski definition) is 3. The second-order valence-electron chi connectivity index (χ2n) is 5.18. The Hall–Kier alpha value is -3.14. The second kappa shape index (κ2) is 4.70. The van der Waals surface area contributed by atoms with E-state index in [1.807, 2.05) is 48.5 Å². The predicted octanol–water partition coefficient (Wildman–Crippen LogP) is 3.06. The molecule has 0 saturated carbocycles. The molecular weight excluding hydrogens is 276 g/mol. The molecule has 0 aromatic heterocycles. The van der Waals surface area contributed by atoms with E-state index in [2.05, 4.69) is 10.6 Å². The molecule has 0 spiro atoms. The number of anilines is 2. The first-order valence-corrected chi connectivity index (χ1v) is 6.96. The number of aldehydes is 1. The molecule has 4 nitrogen and oxygen atoms in total. The number of amides is 1. The molecular formula is C18H12N2O2. The third-order valence-electron chi connectivity index (χ3n) is 3.88. The molecule has 0 radical (unpaired) electrons. The van der Waals surface area contributed by atoms with Crippen molar-refractivity contribution in [3.8, 4) is 0 Å². The van der Waals surface area contributed by atoms with Gasteiger partial charge < -0.3 is 10.6 Å². The van der Waals surface area contributed by atoms with Crippen molar-refractivity contribution >= 4 is 34.7 Å². The fraction of sp³-hybridized carbons (Fsp3) is 0. The van der Waals surface area contributed by atoms with Gasteiger partial charge in [0, 0.05) is 28.1 Å². The van der Waals surface area contributed by atoms with Crippen LogP contribution in [0.4, 0.5) is 11.4 Å². The Morgan fingerprint density at radius 1 is 0.818 bits per heavy atom. The fourth-order valence-corrected chi connectivity index (χ4v) is 2.88. The summed E-state index contributed by atoms with van der Waals surface area (Å²) in [4.78, 5) is 23.7. The highest BCUT2D eigenvalue weighted by Crippen LogP contribution is 2.38. The van der Waals surface area contributed by atoms with Crippen LogP contribution in [0.2, 0.25) is 0 Å². The summed E-state index contributed by atoms with van der Waals surface area (Å²) in [6.45, 7) is 0. The van der Waals surface area contributed by atoms with Crippen LogP contribution in [0.15, 0.2) is 60.3 Å². The monoisotopic (exact) mass is 288 g/mol. The quantitative estimate of drug-likeness (QED) is 0.626. The van der Waals surface area contributed by atoms with E-state index in [0.29, 0.717) is 16.8 Å². The van der Waals surface area contributed by atoms with Crippen molar-refractivity contribution in [1.82, 2.24) is 0 Å². The molecule has 22 heavy (non-hydrogen) atoms. The molecule has 2 aromatic carbocycles. The highest BCUT2D eigenvalue weighted by atomic mass is 16.2. The smallest absolute Gasteiger partial charge is 0.258 e. The van der Waals surface area contributed by atoms with Crippen LogP contribution >= 0.6 is 0 Å². The Balaban J connectivity index is 1.95. The van der Waals surface area contributed by atoms with Crippen molar-refractivity contribution in [3.05, 3.63) is 71.4 Å². The summed E-state index contributed by atoms with van der Waals surface area (Å²) in [5.41, 5.74) is 5.06. The van der Waals surface area contributed by atoms with Gasteiger partial charge in [-0.05, 0) is 18.2 Å². The van der Waals surface area contributed by atoms with Gasteiger partial charge in [0.2, 0.25) is 0 Å². The van der Waals surface area contributed by atoms with Crippen LogP contribution in [-0.4, -0.2) is 12.2 Å². The molecule has 0 fully saturated rings. The molecule has 4 rings (SSSR count). The lowest BCUT2D eigenvalue weighted by Crippen LogP contribution is -2.13. The molecule has 1 amide bonds. The SMILES string of the molecule is O=CC1=CC(=C2C(=O)Nc3ccccc32)Nc2ccccc21. The number of allylic oxidation sites excluding steroid dienone is 2. The first-order valence-electron chi connectivity index (χ1n) is 6.96. The van der Waals surface area contributed by atoms with E-state index in [1.165, 1.54) is 0 Å². The molecule has 0 saturated heterocycles. The Morgan fingerprint density at radius 2 is 1.45 bits per heavy atom. The summed E-state index contributed by atoms with van der Waals surface area (Å²) in [5.74, 6) is -0.162. The normalized spacial score (nSPS) is 18.7. The Morgan fingerprint density at radius 3 is 2.18 bits per heavy atom. The molecule has 106 valence electrons. The topological polar surface area (TPSA) is 58.2 Å². The summed E-state index contributed by atoms with van der Waals surface area (Å²) in [5, 5.41) is 6.11. The minimum absolute atomic E-state index is 0.162. The van der Waals surface area contributed by atoms with Crippen molar-refractivity contribution in [2.75, 3.05) is 10.6 Å². The standard InChI is InChI=1S/C18H12N2O2/c21-10-11-9-16(19-14-7-3-1-5-12(11)14)17-13-6-2-4-8-15(13)20-18(17)22/h1-10,19H,(H,20,22). The van der Waals surface area contributed by atoms with Crippen LogP contribution < -0.4 is 10.6 Å². The lowest BCUT2D eigenvalue weighted by Gasteiger charge is -2.20. The zero-order chi connectivity index (χ0) is 15.1. The number of benzene rings is 2. The van der Waals surface area contributed by atoms with Gasteiger partial charge in [0.1, 0.15) is 0 Å². The maximum absolute atomic E-state index is 12.3. The summed E-state index contributed by atoms with van der Waals surface area (Å²) in [6, 6.07) is 15.1. The minimum Gasteiger partial charge on any atom is -0.354 e. The van der Waals surface area contributed by atoms with E-state index in [1.54, 1.807) is 6.08 Å². The predicted molar refractivity (Wildman–Crippen MR) is 86.1 cm³/mol. The van der Waals surface area contributed by atoms with E-state index in [4.69, 9.17) is 0 Å². The highest BCUT2D eigenvalue weighted by molar-refractivity contribution is 6.33. The molecule has 2 aromatic rings. The van der Waals surface area contributed by atoms with Crippen LogP contribution in [0.3, 0.4) is 0 Å². The van der Waals surface area contributed by atoms with Crippen molar-refractivity contribution in [3.63, 3.8) is 0 Å². The molecule has 0 unspecified atom stereocenters. The lowest BCUT2D eigenvalue weighted by atomic mass is 9.96.